The van der Waals surface area contributed by atoms with Gasteiger partial charge in [-0.15, -0.1) is 0 Å². The average Bonchev–Trinajstić information content (AvgIpc) is 3.27. The van der Waals surface area contributed by atoms with Crippen molar-refractivity contribution >= 4 is 40.7 Å². The molecular weight excluding hydrogens is 439 g/mol. The highest BCUT2D eigenvalue weighted by Gasteiger charge is 2.20. The number of amides is 2. The van der Waals surface area contributed by atoms with E-state index in [1.165, 1.54) is 4.90 Å². The summed E-state index contributed by atoms with van der Waals surface area (Å²) in [5, 5.41) is 3.55. The number of benzene rings is 2. The monoisotopic (exact) mass is 464 g/mol. The first kappa shape index (κ1) is 23.4. The van der Waals surface area contributed by atoms with E-state index in [2.05, 4.69) is 5.32 Å². The lowest BCUT2D eigenvalue weighted by Crippen LogP contribution is -2.38. The Balaban J connectivity index is 1.63. The molecule has 0 radical (unpaired) electrons. The third-order valence-corrected chi connectivity index (χ3v) is 5.41. The topological polar surface area (TPSA) is 67.9 Å². The molecule has 1 fully saturated rings. The van der Waals surface area contributed by atoms with Gasteiger partial charge in [-0.25, -0.2) is 0 Å². The molecular formula is C23H26Cl2N2O4. The predicted molar refractivity (Wildman–Crippen MR) is 122 cm³/mol. The van der Waals surface area contributed by atoms with Crippen LogP contribution in [0.1, 0.15) is 36.5 Å². The zero-order valence-corrected chi connectivity index (χ0v) is 18.9. The fourth-order valence-corrected chi connectivity index (χ4v) is 3.80. The number of hydrogen-bond donors (Lipinski definition) is 1. The quantitative estimate of drug-likeness (QED) is 0.564. The minimum atomic E-state index is -0.336. The number of hydrogen-bond acceptors (Lipinski definition) is 4. The van der Waals surface area contributed by atoms with Gasteiger partial charge >= 0.3 is 0 Å². The van der Waals surface area contributed by atoms with E-state index in [9.17, 15) is 9.59 Å². The normalized spacial score (nSPS) is 15.5. The van der Waals surface area contributed by atoms with Crippen LogP contribution in [-0.4, -0.2) is 49.1 Å². The van der Waals surface area contributed by atoms with E-state index in [4.69, 9.17) is 32.7 Å². The van der Waals surface area contributed by atoms with Crippen LogP contribution in [0.15, 0.2) is 42.5 Å². The van der Waals surface area contributed by atoms with Crippen LogP contribution in [0.2, 0.25) is 10.0 Å². The standard InChI is InChI=1S/C23H26Cl2N2O4/c1-2-10-27(14-22(28)26-21-9-8-17(24)13-20(21)25)23(29)16-5-3-6-18(12-16)31-15-19-7-4-11-30-19/h3,5-6,8-9,12-13,19H,2,4,7,10-11,14-15H2,1H3,(H,26,28). The third kappa shape index (κ3) is 6.86. The molecule has 1 N–H and O–H groups in total. The Labute approximate surface area is 192 Å². The predicted octanol–water partition coefficient (Wildman–Crippen LogP) is 5.04. The smallest absolute Gasteiger partial charge is 0.254 e. The second-order valence-electron chi connectivity index (χ2n) is 7.37. The van der Waals surface area contributed by atoms with Gasteiger partial charge in [-0.3, -0.25) is 9.59 Å². The molecule has 2 aromatic rings. The first-order valence-electron chi connectivity index (χ1n) is 10.3. The molecule has 2 aromatic carbocycles. The molecule has 1 heterocycles. The average molecular weight is 465 g/mol. The van der Waals surface area contributed by atoms with Crippen LogP contribution >= 0.6 is 23.2 Å². The summed E-state index contributed by atoms with van der Waals surface area (Å²) in [5.41, 5.74) is 0.917. The lowest BCUT2D eigenvalue weighted by molar-refractivity contribution is -0.116. The van der Waals surface area contributed by atoms with E-state index >= 15 is 0 Å². The number of nitrogens with zero attached hydrogens (tertiary/aromatic N) is 1. The molecule has 8 heteroatoms. The Morgan fingerprint density at radius 3 is 2.77 bits per heavy atom. The fourth-order valence-electron chi connectivity index (χ4n) is 3.34. The van der Waals surface area contributed by atoms with Crippen LogP contribution in [0, 0.1) is 0 Å². The van der Waals surface area contributed by atoms with Crippen LogP contribution in [0.25, 0.3) is 0 Å². The van der Waals surface area contributed by atoms with Crippen molar-refractivity contribution in [1.29, 1.82) is 0 Å². The van der Waals surface area contributed by atoms with Gasteiger partial charge in [0.05, 0.1) is 16.8 Å². The fraction of sp³-hybridized carbons (Fsp3) is 0.391. The molecule has 0 bridgehead atoms. The van der Waals surface area contributed by atoms with Crippen molar-refractivity contribution in [2.45, 2.75) is 32.3 Å². The van der Waals surface area contributed by atoms with Gasteiger partial charge in [0.2, 0.25) is 5.91 Å². The lowest BCUT2D eigenvalue weighted by Gasteiger charge is -2.22. The van der Waals surface area contributed by atoms with Crippen molar-refractivity contribution in [3.05, 3.63) is 58.1 Å². The van der Waals surface area contributed by atoms with Crippen LogP contribution in [0.4, 0.5) is 5.69 Å². The SMILES string of the molecule is CCCN(CC(=O)Nc1ccc(Cl)cc1Cl)C(=O)c1cccc(OCC2CCCO2)c1. The third-order valence-electron chi connectivity index (χ3n) is 4.86. The van der Waals surface area contributed by atoms with Crippen molar-refractivity contribution in [2.75, 3.05) is 31.6 Å². The summed E-state index contributed by atoms with van der Waals surface area (Å²) in [6.07, 6.45) is 2.84. The molecule has 0 aromatic heterocycles. The summed E-state index contributed by atoms with van der Waals surface area (Å²) in [6, 6.07) is 11.8. The summed E-state index contributed by atoms with van der Waals surface area (Å²) >= 11 is 12.0. The van der Waals surface area contributed by atoms with Gasteiger partial charge in [0, 0.05) is 23.7 Å². The largest absolute Gasteiger partial charge is 0.491 e. The molecule has 1 unspecified atom stereocenters. The van der Waals surface area contributed by atoms with E-state index < -0.39 is 0 Å². The number of halogens is 2. The van der Waals surface area contributed by atoms with Crippen molar-refractivity contribution in [1.82, 2.24) is 4.90 Å². The number of nitrogens with one attached hydrogen (secondary N) is 1. The van der Waals surface area contributed by atoms with E-state index in [-0.39, 0.29) is 24.5 Å². The number of carbonyl (C=O) groups excluding carboxylic acids is 2. The summed E-state index contributed by atoms with van der Waals surface area (Å²) < 4.78 is 11.4. The molecule has 31 heavy (non-hydrogen) atoms. The van der Waals surface area contributed by atoms with Crippen LogP contribution < -0.4 is 10.1 Å². The van der Waals surface area contributed by atoms with Gasteiger partial charge in [-0.2, -0.15) is 0 Å². The van der Waals surface area contributed by atoms with Gasteiger partial charge in [0.1, 0.15) is 18.9 Å². The Morgan fingerprint density at radius 2 is 2.06 bits per heavy atom. The molecule has 1 atom stereocenters. The summed E-state index contributed by atoms with van der Waals surface area (Å²) in [7, 11) is 0. The zero-order chi connectivity index (χ0) is 22.2. The Bertz CT molecular complexity index is 916. The molecule has 0 saturated carbocycles. The van der Waals surface area contributed by atoms with E-state index in [1.807, 2.05) is 13.0 Å². The molecule has 1 aliphatic heterocycles. The molecule has 0 spiro atoms. The van der Waals surface area contributed by atoms with E-state index in [0.717, 1.165) is 25.9 Å². The molecule has 1 saturated heterocycles. The lowest BCUT2D eigenvalue weighted by atomic mass is 10.1. The number of rotatable bonds is 9. The summed E-state index contributed by atoms with van der Waals surface area (Å²) in [5.74, 6) is 0.0359. The molecule has 2 amide bonds. The first-order chi connectivity index (χ1) is 15.0. The number of anilines is 1. The van der Waals surface area contributed by atoms with Gasteiger partial charge in [-0.1, -0.05) is 36.2 Å². The van der Waals surface area contributed by atoms with E-state index in [0.29, 0.717) is 40.2 Å². The maximum atomic E-state index is 13.1. The maximum absolute atomic E-state index is 13.1. The van der Waals surface area contributed by atoms with Crippen LogP contribution in [-0.2, 0) is 9.53 Å². The highest BCUT2D eigenvalue weighted by molar-refractivity contribution is 6.36. The van der Waals surface area contributed by atoms with Gasteiger partial charge in [0.25, 0.3) is 5.91 Å². The summed E-state index contributed by atoms with van der Waals surface area (Å²) in [6.45, 7) is 3.53. The second-order valence-corrected chi connectivity index (χ2v) is 8.22. The van der Waals surface area contributed by atoms with Gasteiger partial charge < -0.3 is 19.7 Å². The highest BCUT2D eigenvalue weighted by atomic mass is 35.5. The Morgan fingerprint density at radius 1 is 1.23 bits per heavy atom. The minimum Gasteiger partial charge on any atom is -0.491 e. The second kappa shape index (κ2) is 11.4. The van der Waals surface area contributed by atoms with Crippen molar-refractivity contribution < 1.29 is 19.1 Å². The van der Waals surface area contributed by atoms with Crippen molar-refractivity contribution in [3.8, 4) is 5.75 Å². The molecule has 0 aliphatic carbocycles. The minimum absolute atomic E-state index is 0.0906. The molecule has 1 aliphatic rings. The molecule has 6 nitrogen and oxygen atoms in total. The zero-order valence-electron chi connectivity index (χ0n) is 17.4. The molecule has 166 valence electrons. The highest BCUT2D eigenvalue weighted by Crippen LogP contribution is 2.25. The summed E-state index contributed by atoms with van der Waals surface area (Å²) in [4.78, 5) is 27.1. The first-order valence-corrected chi connectivity index (χ1v) is 11.1. The van der Waals surface area contributed by atoms with Crippen molar-refractivity contribution in [3.63, 3.8) is 0 Å². The van der Waals surface area contributed by atoms with E-state index in [1.54, 1.807) is 36.4 Å². The number of ether oxygens (including phenoxy) is 2. The van der Waals surface area contributed by atoms with Crippen LogP contribution in [0.5, 0.6) is 5.75 Å². The Kier molecular flexibility index (Phi) is 8.58. The number of carbonyl (C=O) groups is 2. The van der Waals surface area contributed by atoms with Crippen LogP contribution in [0.3, 0.4) is 0 Å². The van der Waals surface area contributed by atoms with Gasteiger partial charge in [-0.05, 0) is 55.7 Å². The molecule has 3 rings (SSSR count). The van der Waals surface area contributed by atoms with Gasteiger partial charge in [0.15, 0.2) is 0 Å². The maximum Gasteiger partial charge on any atom is 0.254 e. The Hall–Kier alpha value is -2.28. The van der Waals surface area contributed by atoms with Crippen molar-refractivity contribution in [2.24, 2.45) is 0 Å².